The molecular formula is C21H15N3O7. The summed E-state index contributed by atoms with van der Waals surface area (Å²) >= 11 is 0. The predicted octanol–water partition coefficient (Wildman–Crippen LogP) is 3.00. The van der Waals surface area contributed by atoms with Crippen molar-refractivity contribution in [3.63, 3.8) is 0 Å². The maximum absolute atomic E-state index is 11.9. The molecule has 0 saturated heterocycles. The molecule has 2 aromatic carbocycles. The van der Waals surface area contributed by atoms with Crippen LogP contribution >= 0.6 is 0 Å². The highest BCUT2D eigenvalue weighted by Crippen LogP contribution is 2.42. The van der Waals surface area contributed by atoms with Gasteiger partial charge in [0.25, 0.3) is 0 Å². The first kappa shape index (κ1) is 18.6. The van der Waals surface area contributed by atoms with Gasteiger partial charge in [-0.05, 0) is 29.8 Å². The van der Waals surface area contributed by atoms with Crippen LogP contribution in [0, 0.1) is 0 Å². The molecule has 0 spiro atoms. The number of hydrogen-bond donors (Lipinski definition) is 4. The molecule has 156 valence electrons. The van der Waals surface area contributed by atoms with E-state index < -0.39 is 23.8 Å². The number of aliphatic carboxylic acids is 1. The van der Waals surface area contributed by atoms with Gasteiger partial charge in [-0.15, -0.1) is 0 Å². The Hall–Kier alpha value is -4.47. The van der Waals surface area contributed by atoms with Crippen molar-refractivity contribution < 1.29 is 28.9 Å². The third-order valence-electron chi connectivity index (χ3n) is 4.95. The number of phenols is 1. The van der Waals surface area contributed by atoms with Crippen LogP contribution in [0.25, 0.3) is 44.2 Å². The van der Waals surface area contributed by atoms with Crippen molar-refractivity contribution in [1.82, 2.24) is 15.2 Å². The number of benzene rings is 2. The van der Waals surface area contributed by atoms with E-state index in [-0.39, 0.29) is 11.3 Å². The zero-order valence-electron chi connectivity index (χ0n) is 16.1. The van der Waals surface area contributed by atoms with Gasteiger partial charge in [0.1, 0.15) is 5.52 Å². The summed E-state index contributed by atoms with van der Waals surface area (Å²) in [6, 6.07) is 7.83. The number of nitrogens with zero attached hydrogens (tertiary/aromatic N) is 1. The second-order valence-electron chi connectivity index (χ2n) is 6.78. The average Bonchev–Trinajstić information content (AvgIpc) is 3.37. The fourth-order valence-electron chi connectivity index (χ4n) is 3.59. The number of fused-ring (bicyclic) bond motifs is 4. The van der Waals surface area contributed by atoms with E-state index in [9.17, 15) is 14.7 Å². The summed E-state index contributed by atoms with van der Waals surface area (Å²) in [5.41, 5.74) is 2.21. The molecule has 0 aliphatic carbocycles. The number of nitrogens with one attached hydrogen (secondary N) is 2. The largest absolute Gasteiger partial charge is 0.502 e. The SMILES string of the molecule is COc1cc(-c2c3c[nH][nH]c3nc3c2oc2c(O)c(=O)ccc23)ccc1OCC(=O)O. The molecule has 4 N–H and O–H groups in total. The molecule has 10 heteroatoms. The summed E-state index contributed by atoms with van der Waals surface area (Å²) in [6.45, 7) is -0.507. The van der Waals surface area contributed by atoms with Crippen molar-refractivity contribution in [3.8, 4) is 28.4 Å². The minimum Gasteiger partial charge on any atom is -0.502 e. The maximum Gasteiger partial charge on any atom is 0.341 e. The summed E-state index contributed by atoms with van der Waals surface area (Å²) in [6.07, 6.45) is 1.71. The Morgan fingerprint density at radius 2 is 2.00 bits per heavy atom. The number of aromatic hydroxyl groups is 1. The lowest BCUT2D eigenvalue weighted by molar-refractivity contribution is -0.139. The molecule has 0 radical (unpaired) electrons. The van der Waals surface area contributed by atoms with Crippen LogP contribution in [0.1, 0.15) is 0 Å². The Labute approximate surface area is 172 Å². The van der Waals surface area contributed by atoms with E-state index in [0.717, 1.165) is 0 Å². The lowest BCUT2D eigenvalue weighted by atomic mass is 10.0. The number of carbonyl (C=O) groups is 1. The quantitative estimate of drug-likeness (QED) is 0.338. The van der Waals surface area contributed by atoms with Crippen molar-refractivity contribution in [2.45, 2.75) is 0 Å². The minimum atomic E-state index is -1.11. The van der Waals surface area contributed by atoms with E-state index in [1.807, 2.05) is 0 Å². The van der Waals surface area contributed by atoms with Crippen LogP contribution in [0.5, 0.6) is 17.2 Å². The first-order valence-electron chi connectivity index (χ1n) is 9.15. The molecule has 3 heterocycles. The molecule has 0 amide bonds. The minimum absolute atomic E-state index is 0.0567. The lowest BCUT2D eigenvalue weighted by Crippen LogP contribution is -2.10. The highest BCUT2D eigenvalue weighted by atomic mass is 16.5. The van der Waals surface area contributed by atoms with E-state index >= 15 is 0 Å². The summed E-state index contributed by atoms with van der Waals surface area (Å²) in [7, 11) is 1.45. The van der Waals surface area contributed by atoms with Gasteiger partial charge < -0.3 is 29.2 Å². The standard InChI is InChI=1S/C21H15N3O7/c1-29-14-6-9(2-5-13(14)30-8-15(26)27)16-11-7-22-24-21(11)23-17-10-3-4-12(25)18(28)19(10)31-20(16)17/h2-7,28H,8H2,1H3,(H,26,27)(H2,22,23,24). The van der Waals surface area contributed by atoms with Gasteiger partial charge >= 0.3 is 5.97 Å². The van der Waals surface area contributed by atoms with Gasteiger partial charge in [0.2, 0.25) is 11.2 Å². The van der Waals surface area contributed by atoms with E-state index in [4.69, 9.17) is 19.0 Å². The van der Waals surface area contributed by atoms with Crippen molar-refractivity contribution >= 4 is 39.1 Å². The van der Waals surface area contributed by atoms with Crippen molar-refractivity contribution in [2.75, 3.05) is 13.7 Å². The zero-order chi connectivity index (χ0) is 21.7. The molecule has 0 bridgehead atoms. The number of ether oxygens (including phenoxy) is 2. The van der Waals surface area contributed by atoms with Crippen molar-refractivity contribution in [3.05, 3.63) is 46.8 Å². The predicted molar refractivity (Wildman–Crippen MR) is 111 cm³/mol. The van der Waals surface area contributed by atoms with Gasteiger partial charge in [0.15, 0.2) is 34.9 Å². The van der Waals surface area contributed by atoms with E-state index in [2.05, 4.69) is 15.2 Å². The average molecular weight is 421 g/mol. The molecule has 0 aliphatic rings. The Morgan fingerprint density at radius 3 is 2.77 bits per heavy atom. The van der Waals surface area contributed by atoms with Crippen LogP contribution in [0.15, 0.2) is 45.7 Å². The number of pyridine rings is 1. The fourth-order valence-corrected chi connectivity index (χ4v) is 3.59. The van der Waals surface area contributed by atoms with Crippen LogP contribution in [0.3, 0.4) is 0 Å². The smallest absolute Gasteiger partial charge is 0.341 e. The van der Waals surface area contributed by atoms with Crippen molar-refractivity contribution in [1.29, 1.82) is 0 Å². The summed E-state index contributed by atoms with van der Waals surface area (Å²) in [4.78, 5) is 27.3. The summed E-state index contributed by atoms with van der Waals surface area (Å²) < 4.78 is 16.6. The molecule has 0 fully saturated rings. The summed E-state index contributed by atoms with van der Waals surface area (Å²) in [5, 5.41) is 26.1. The molecule has 0 atom stereocenters. The number of aromatic nitrogens is 3. The van der Waals surface area contributed by atoms with Crippen LogP contribution in [0.4, 0.5) is 0 Å². The zero-order valence-corrected chi connectivity index (χ0v) is 16.1. The Balaban J connectivity index is 1.80. The number of phenolic OH excluding ortho intramolecular Hbond substituents is 1. The van der Waals surface area contributed by atoms with E-state index in [1.54, 1.807) is 30.5 Å². The Kier molecular flexibility index (Phi) is 4.07. The Bertz CT molecular complexity index is 1540. The van der Waals surface area contributed by atoms with E-state index in [0.29, 0.717) is 44.4 Å². The first-order chi connectivity index (χ1) is 15.0. The molecule has 31 heavy (non-hydrogen) atoms. The molecule has 5 rings (SSSR count). The molecule has 5 aromatic rings. The summed E-state index contributed by atoms with van der Waals surface area (Å²) in [5.74, 6) is -0.982. The number of carboxylic acids is 1. The second-order valence-corrected chi connectivity index (χ2v) is 6.78. The third kappa shape index (κ3) is 2.84. The highest BCUT2D eigenvalue weighted by Gasteiger charge is 2.22. The van der Waals surface area contributed by atoms with Gasteiger partial charge in [-0.1, -0.05) is 6.07 Å². The number of aromatic amines is 2. The second kappa shape index (κ2) is 6.80. The monoisotopic (exact) mass is 421 g/mol. The maximum atomic E-state index is 11.9. The number of furan rings is 1. The van der Waals surface area contributed by atoms with E-state index in [1.165, 1.54) is 13.2 Å². The molecule has 0 saturated carbocycles. The topological polar surface area (TPSA) is 151 Å². The van der Waals surface area contributed by atoms with Crippen molar-refractivity contribution in [2.24, 2.45) is 0 Å². The number of carboxylic acid groups (broad SMARTS) is 1. The van der Waals surface area contributed by atoms with Gasteiger partial charge in [-0.3, -0.25) is 9.89 Å². The molecule has 10 nitrogen and oxygen atoms in total. The van der Waals surface area contributed by atoms with Gasteiger partial charge in [-0.25, -0.2) is 9.78 Å². The van der Waals surface area contributed by atoms with Crippen LogP contribution in [0.2, 0.25) is 0 Å². The highest BCUT2D eigenvalue weighted by molar-refractivity contribution is 6.15. The number of methoxy groups -OCH3 is 1. The molecule has 0 aliphatic heterocycles. The lowest BCUT2D eigenvalue weighted by Gasteiger charge is -2.12. The van der Waals surface area contributed by atoms with Gasteiger partial charge in [0.05, 0.1) is 12.5 Å². The van der Waals surface area contributed by atoms with Crippen LogP contribution in [-0.4, -0.2) is 45.1 Å². The molecular weight excluding hydrogens is 406 g/mol. The third-order valence-corrected chi connectivity index (χ3v) is 4.95. The fraction of sp³-hybridized carbons (Fsp3) is 0.0952. The normalized spacial score (nSPS) is 11.4. The van der Waals surface area contributed by atoms with Gasteiger partial charge in [-0.2, -0.15) is 0 Å². The molecule has 3 aromatic heterocycles. The number of H-pyrrole nitrogens is 2. The number of hydrogen-bond acceptors (Lipinski definition) is 7. The van der Waals surface area contributed by atoms with Crippen LogP contribution < -0.4 is 14.9 Å². The van der Waals surface area contributed by atoms with Gasteiger partial charge in [0, 0.05) is 17.1 Å². The molecule has 0 unspecified atom stereocenters. The van der Waals surface area contributed by atoms with Crippen LogP contribution in [-0.2, 0) is 4.79 Å². The Morgan fingerprint density at radius 1 is 1.16 bits per heavy atom. The first-order valence-corrected chi connectivity index (χ1v) is 9.15. The number of rotatable bonds is 5.